The van der Waals surface area contributed by atoms with Gasteiger partial charge >= 0.3 is 17.9 Å². The molecule has 486 valence electrons. The first kappa shape index (κ1) is 80.4. The third-order valence-electron chi connectivity index (χ3n) is 16.8. The standard InChI is InChI=1S/C77H142O6/c1-4-7-10-13-16-19-22-25-27-29-31-32-33-34-35-36-37-38-39-40-41-42-43-44-45-46-48-49-52-55-58-61-64-67-70-76(79)82-73-74(72-81-75(78)69-66-63-60-57-54-51-24-21-18-15-12-9-6-3)83-77(80)71-68-65-62-59-56-53-50-47-30-28-26-23-20-17-14-11-8-5-2/h9,12,18,21,28,30,51,54,74H,4-8,10-11,13-17,19-20,22-27,29,31-50,52-53,55-73H2,1-3H3/b12-9-,21-18-,30-28-,54-51-. The summed E-state index contributed by atoms with van der Waals surface area (Å²) in [5.74, 6) is -0.892. The minimum absolute atomic E-state index is 0.0806. The van der Waals surface area contributed by atoms with Crippen molar-refractivity contribution in [2.24, 2.45) is 0 Å². The maximum atomic E-state index is 12.9. The van der Waals surface area contributed by atoms with E-state index in [9.17, 15) is 14.4 Å². The Kier molecular flexibility index (Phi) is 69.6. The highest BCUT2D eigenvalue weighted by atomic mass is 16.6. The van der Waals surface area contributed by atoms with E-state index in [4.69, 9.17) is 14.2 Å². The average Bonchev–Trinajstić information content (AvgIpc) is 3.50. The van der Waals surface area contributed by atoms with Gasteiger partial charge in [-0.2, -0.15) is 0 Å². The van der Waals surface area contributed by atoms with E-state index in [2.05, 4.69) is 69.4 Å². The van der Waals surface area contributed by atoms with Crippen LogP contribution in [0.1, 0.15) is 406 Å². The second kappa shape index (κ2) is 71.8. The summed E-state index contributed by atoms with van der Waals surface area (Å²) in [5.41, 5.74) is 0. The van der Waals surface area contributed by atoms with Gasteiger partial charge in [-0.25, -0.2) is 0 Å². The first-order chi connectivity index (χ1) is 41.0. The molecule has 1 atom stereocenters. The Morgan fingerprint density at radius 2 is 0.470 bits per heavy atom. The molecule has 0 aliphatic carbocycles. The van der Waals surface area contributed by atoms with Gasteiger partial charge in [0.25, 0.3) is 0 Å². The highest BCUT2D eigenvalue weighted by Gasteiger charge is 2.19. The van der Waals surface area contributed by atoms with E-state index in [1.165, 1.54) is 283 Å². The van der Waals surface area contributed by atoms with Crippen LogP contribution >= 0.6 is 0 Å². The summed E-state index contributed by atoms with van der Waals surface area (Å²) in [5, 5.41) is 0. The molecule has 0 aromatic heterocycles. The normalized spacial score (nSPS) is 12.3. The van der Waals surface area contributed by atoms with Crippen molar-refractivity contribution in [3.8, 4) is 0 Å². The smallest absolute Gasteiger partial charge is 0.306 e. The van der Waals surface area contributed by atoms with Crippen molar-refractivity contribution >= 4 is 17.9 Å². The lowest BCUT2D eigenvalue weighted by atomic mass is 10.0. The van der Waals surface area contributed by atoms with Crippen molar-refractivity contribution in [3.05, 3.63) is 48.6 Å². The quantitative estimate of drug-likeness (QED) is 0.0261. The fraction of sp³-hybridized carbons (Fsp3) is 0.857. The van der Waals surface area contributed by atoms with E-state index in [1.54, 1.807) is 0 Å². The average molecular weight is 1160 g/mol. The van der Waals surface area contributed by atoms with Gasteiger partial charge in [0.05, 0.1) is 0 Å². The van der Waals surface area contributed by atoms with Crippen LogP contribution in [0.15, 0.2) is 48.6 Å². The number of esters is 3. The summed E-state index contributed by atoms with van der Waals surface area (Å²) in [6.07, 6.45) is 91.8. The molecule has 83 heavy (non-hydrogen) atoms. The molecule has 0 rings (SSSR count). The zero-order valence-corrected chi connectivity index (χ0v) is 56.0. The summed E-state index contributed by atoms with van der Waals surface area (Å²) >= 11 is 0. The number of unbranched alkanes of at least 4 members (excludes halogenated alkanes) is 50. The molecular weight excluding hydrogens is 1020 g/mol. The predicted octanol–water partition coefficient (Wildman–Crippen LogP) is 25.7. The van der Waals surface area contributed by atoms with Crippen LogP contribution in [0.2, 0.25) is 0 Å². The lowest BCUT2D eigenvalue weighted by molar-refractivity contribution is -0.167. The molecule has 0 aromatic rings. The molecule has 6 nitrogen and oxygen atoms in total. The fourth-order valence-electron chi connectivity index (χ4n) is 11.3. The third kappa shape index (κ3) is 70.0. The molecule has 0 spiro atoms. The minimum atomic E-state index is -0.787. The number of hydrogen-bond acceptors (Lipinski definition) is 6. The van der Waals surface area contributed by atoms with Crippen molar-refractivity contribution in [1.82, 2.24) is 0 Å². The van der Waals surface area contributed by atoms with Crippen LogP contribution in [0.25, 0.3) is 0 Å². The van der Waals surface area contributed by atoms with E-state index >= 15 is 0 Å². The van der Waals surface area contributed by atoms with E-state index in [0.29, 0.717) is 19.3 Å². The van der Waals surface area contributed by atoms with Crippen LogP contribution in [-0.2, 0) is 28.6 Å². The highest BCUT2D eigenvalue weighted by molar-refractivity contribution is 5.71. The van der Waals surface area contributed by atoms with E-state index in [1.807, 2.05) is 0 Å². The molecule has 0 aliphatic rings. The molecule has 0 heterocycles. The molecule has 1 unspecified atom stereocenters. The molecule has 0 aromatic carbocycles. The van der Waals surface area contributed by atoms with Crippen molar-refractivity contribution in [2.75, 3.05) is 13.2 Å². The van der Waals surface area contributed by atoms with Gasteiger partial charge < -0.3 is 14.2 Å². The number of carbonyl (C=O) groups is 3. The van der Waals surface area contributed by atoms with Crippen molar-refractivity contribution in [3.63, 3.8) is 0 Å². The molecule has 0 fully saturated rings. The lowest BCUT2D eigenvalue weighted by Gasteiger charge is -2.18. The number of rotatable bonds is 69. The van der Waals surface area contributed by atoms with Gasteiger partial charge in [0, 0.05) is 19.3 Å². The van der Waals surface area contributed by atoms with Gasteiger partial charge in [0.1, 0.15) is 13.2 Å². The molecular formula is C77H142O6. The maximum Gasteiger partial charge on any atom is 0.306 e. The minimum Gasteiger partial charge on any atom is -0.462 e. The van der Waals surface area contributed by atoms with E-state index < -0.39 is 6.10 Å². The molecule has 0 N–H and O–H groups in total. The van der Waals surface area contributed by atoms with Gasteiger partial charge in [-0.05, 0) is 77.0 Å². The van der Waals surface area contributed by atoms with Crippen molar-refractivity contribution in [2.45, 2.75) is 412 Å². The molecule has 0 aliphatic heterocycles. The Balaban J connectivity index is 4.10. The monoisotopic (exact) mass is 1160 g/mol. The summed E-state index contributed by atoms with van der Waals surface area (Å²) < 4.78 is 16.9. The number of ether oxygens (including phenoxy) is 3. The molecule has 6 heteroatoms. The Morgan fingerprint density at radius 3 is 0.759 bits per heavy atom. The zero-order valence-electron chi connectivity index (χ0n) is 56.0. The van der Waals surface area contributed by atoms with Crippen LogP contribution < -0.4 is 0 Å². The van der Waals surface area contributed by atoms with Crippen LogP contribution in [0, 0.1) is 0 Å². The number of hydrogen-bond donors (Lipinski definition) is 0. The molecule has 0 saturated carbocycles. The Hall–Kier alpha value is -2.63. The van der Waals surface area contributed by atoms with E-state index in [-0.39, 0.29) is 31.1 Å². The van der Waals surface area contributed by atoms with Gasteiger partial charge in [0.15, 0.2) is 6.10 Å². The summed E-state index contributed by atoms with van der Waals surface area (Å²) in [6, 6.07) is 0. The maximum absolute atomic E-state index is 12.9. The molecule has 0 saturated heterocycles. The topological polar surface area (TPSA) is 78.9 Å². The summed E-state index contributed by atoms with van der Waals surface area (Å²) in [7, 11) is 0. The first-order valence-electron chi connectivity index (χ1n) is 37.1. The van der Waals surface area contributed by atoms with Crippen LogP contribution in [-0.4, -0.2) is 37.2 Å². The SMILES string of the molecule is CC/C=C\C/C=C\C/C=C\CCCCCC(=O)OCC(COC(=O)CCCCCCCCCCCCCCCCCCCCCCCCCCCCCCCCCCCC)OC(=O)CCCCCCCCC/C=C\CCCCCCCCC. The lowest BCUT2D eigenvalue weighted by Crippen LogP contribution is -2.30. The second-order valence-corrected chi connectivity index (χ2v) is 25.2. The largest absolute Gasteiger partial charge is 0.462 e. The van der Waals surface area contributed by atoms with Crippen LogP contribution in [0.4, 0.5) is 0 Å². The number of carbonyl (C=O) groups excluding carboxylic acids is 3. The van der Waals surface area contributed by atoms with E-state index in [0.717, 1.165) is 83.5 Å². The fourth-order valence-corrected chi connectivity index (χ4v) is 11.3. The number of allylic oxidation sites excluding steroid dienone is 8. The van der Waals surface area contributed by atoms with Gasteiger partial charge in [-0.1, -0.05) is 358 Å². The van der Waals surface area contributed by atoms with Crippen molar-refractivity contribution < 1.29 is 28.6 Å². The Morgan fingerprint density at radius 1 is 0.253 bits per heavy atom. The first-order valence-corrected chi connectivity index (χ1v) is 37.1. The molecule has 0 amide bonds. The van der Waals surface area contributed by atoms with Gasteiger partial charge in [-0.3, -0.25) is 14.4 Å². The van der Waals surface area contributed by atoms with Gasteiger partial charge in [-0.15, -0.1) is 0 Å². The van der Waals surface area contributed by atoms with Crippen LogP contribution in [0.5, 0.6) is 0 Å². The highest BCUT2D eigenvalue weighted by Crippen LogP contribution is 2.19. The second-order valence-electron chi connectivity index (χ2n) is 25.2. The molecule has 0 bridgehead atoms. The Labute approximate surface area is 518 Å². The third-order valence-corrected chi connectivity index (χ3v) is 16.8. The van der Waals surface area contributed by atoms with Crippen molar-refractivity contribution in [1.29, 1.82) is 0 Å². The molecule has 0 radical (unpaired) electrons. The zero-order chi connectivity index (χ0) is 59.9. The Bertz CT molecular complexity index is 1430. The summed E-state index contributed by atoms with van der Waals surface area (Å²) in [4.78, 5) is 38.4. The predicted molar refractivity (Wildman–Crippen MR) is 362 cm³/mol. The summed E-state index contributed by atoms with van der Waals surface area (Å²) in [6.45, 7) is 6.56. The van der Waals surface area contributed by atoms with Crippen LogP contribution in [0.3, 0.4) is 0 Å². The van der Waals surface area contributed by atoms with Gasteiger partial charge in [0.2, 0.25) is 0 Å².